The van der Waals surface area contributed by atoms with Gasteiger partial charge in [-0.2, -0.15) is 5.26 Å². The summed E-state index contributed by atoms with van der Waals surface area (Å²) in [6.45, 7) is 0.485. The molecule has 0 aliphatic carbocycles. The molecule has 0 saturated heterocycles. The maximum Gasteiger partial charge on any atom is 0.262 e. The van der Waals surface area contributed by atoms with Gasteiger partial charge >= 0.3 is 0 Å². The molecule has 1 aromatic heterocycles. The van der Waals surface area contributed by atoms with Gasteiger partial charge in [0.2, 0.25) is 0 Å². The largest absolute Gasteiger partial charge is 0.497 e. The molecule has 0 saturated carbocycles. The molecule has 6 nitrogen and oxygen atoms in total. The zero-order valence-electron chi connectivity index (χ0n) is 16.2. The van der Waals surface area contributed by atoms with Crippen LogP contribution in [0, 0.1) is 11.3 Å². The first kappa shape index (κ1) is 21.0. The Morgan fingerprint density at radius 2 is 1.97 bits per heavy atom. The third-order valence-corrected chi connectivity index (χ3v) is 4.36. The number of furan rings is 1. The summed E-state index contributed by atoms with van der Waals surface area (Å²) in [6.07, 6.45) is 1.40. The molecule has 1 amide bonds. The van der Waals surface area contributed by atoms with Crippen molar-refractivity contribution in [2.45, 2.75) is 13.2 Å². The number of carbonyl (C=O) groups is 1. The first-order chi connectivity index (χ1) is 14.6. The van der Waals surface area contributed by atoms with E-state index >= 15 is 0 Å². The van der Waals surface area contributed by atoms with E-state index in [4.69, 9.17) is 25.5 Å². The first-order valence-corrected chi connectivity index (χ1v) is 9.45. The Hall–Kier alpha value is -3.69. The van der Waals surface area contributed by atoms with Crippen molar-refractivity contribution in [2.24, 2.45) is 0 Å². The van der Waals surface area contributed by atoms with Crippen LogP contribution in [0.4, 0.5) is 0 Å². The summed E-state index contributed by atoms with van der Waals surface area (Å²) in [5, 5.41) is 12.6. The highest BCUT2D eigenvalue weighted by Crippen LogP contribution is 2.20. The van der Waals surface area contributed by atoms with Crippen molar-refractivity contribution in [3.8, 4) is 17.6 Å². The van der Waals surface area contributed by atoms with Gasteiger partial charge in [-0.15, -0.1) is 0 Å². The minimum Gasteiger partial charge on any atom is -0.497 e. The van der Waals surface area contributed by atoms with Gasteiger partial charge in [-0.3, -0.25) is 4.79 Å². The summed E-state index contributed by atoms with van der Waals surface area (Å²) in [5.74, 6) is 1.80. The molecule has 0 fully saturated rings. The number of nitrogens with one attached hydrogen (secondary N) is 1. The fourth-order valence-corrected chi connectivity index (χ4v) is 2.75. The van der Waals surface area contributed by atoms with E-state index in [0.29, 0.717) is 28.8 Å². The number of rotatable bonds is 8. The van der Waals surface area contributed by atoms with E-state index in [-0.39, 0.29) is 12.2 Å². The van der Waals surface area contributed by atoms with Crippen LogP contribution in [-0.4, -0.2) is 13.0 Å². The van der Waals surface area contributed by atoms with Crippen LogP contribution in [0.3, 0.4) is 0 Å². The topological polar surface area (TPSA) is 84.5 Å². The Kier molecular flexibility index (Phi) is 7.14. The van der Waals surface area contributed by atoms with E-state index in [1.165, 1.54) is 6.08 Å². The molecule has 0 unspecified atom stereocenters. The zero-order valence-corrected chi connectivity index (χ0v) is 17.0. The molecular formula is C23H19ClN2O4. The monoisotopic (exact) mass is 422 g/mol. The fraction of sp³-hybridized carbons (Fsp3) is 0.130. The van der Waals surface area contributed by atoms with Crippen LogP contribution >= 0.6 is 11.6 Å². The van der Waals surface area contributed by atoms with Gasteiger partial charge in [-0.05, 0) is 48.0 Å². The van der Waals surface area contributed by atoms with Gasteiger partial charge in [-0.1, -0.05) is 29.8 Å². The summed E-state index contributed by atoms with van der Waals surface area (Å²) < 4.78 is 16.3. The van der Waals surface area contributed by atoms with Crippen LogP contribution in [0.1, 0.15) is 17.1 Å². The minimum absolute atomic E-state index is 0.0554. The predicted octanol–water partition coefficient (Wildman–Crippen LogP) is 4.74. The smallest absolute Gasteiger partial charge is 0.262 e. The van der Waals surface area contributed by atoms with E-state index in [0.717, 1.165) is 11.3 Å². The Balaban J connectivity index is 1.58. The molecule has 1 N–H and O–H groups in total. The highest BCUT2D eigenvalue weighted by atomic mass is 35.5. The number of benzene rings is 2. The van der Waals surface area contributed by atoms with Crippen molar-refractivity contribution < 1.29 is 18.7 Å². The maximum absolute atomic E-state index is 12.3. The number of nitrogens with zero attached hydrogens (tertiary/aromatic N) is 1. The Bertz CT molecular complexity index is 1080. The second kappa shape index (κ2) is 10.2. The van der Waals surface area contributed by atoms with E-state index in [1.807, 2.05) is 18.2 Å². The van der Waals surface area contributed by atoms with Gasteiger partial charge in [0.15, 0.2) is 0 Å². The first-order valence-electron chi connectivity index (χ1n) is 9.07. The van der Waals surface area contributed by atoms with Crippen molar-refractivity contribution in [3.05, 3.63) is 88.3 Å². The molecule has 152 valence electrons. The zero-order chi connectivity index (χ0) is 21.3. The summed E-state index contributed by atoms with van der Waals surface area (Å²) in [4.78, 5) is 12.3. The van der Waals surface area contributed by atoms with Crippen molar-refractivity contribution in [1.82, 2.24) is 5.32 Å². The van der Waals surface area contributed by atoms with Gasteiger partial charge in [-0.25, -0.2) is 0 Å². The van der Waals surface area contributed by atoms with Gasteiger partial charge in [0.1, 0.15) is 41.3 Å². The molecular weight excluding hydrogens is 404 g/mol. The average Bonchev–Trinajstić information content (AvgIpc) is 3.22. The lowest BCUT2D eigenvalue weighted by molar-refractivity contribution is -0.117. The number of methoxy groups -OCH3 is 1. The molecule has 30 heavy (non-hydrogen) atoms. The molecule has 3 aromatic rings. The van der Waals surface area contributed by atoms with Crippen LogP contribution in [0.25, 0.3) is 6.08 Å². The Morgan fingerprint density at radius 3 is 2.67 bits per heavy atom. The summed E-state index contributed by atoms with van der Waals surface area (Å²) >= 11 is 5.93. The SMILES string of the molecule is COc1ccc(CNC(=O)C(C#N)=Cc2ccc(COc3cccc(Cl)c3)o2)cc1. The van der Waals surface area contributed by atoms with Crippen LogP contribution in [0.2, 0.25) is 5.02 Å². The normalized spacial score (nSPS) is 10.9. The predicted molar refractivity (Wildman–Crippen MR) is 113 cm³/mol. The molecule has 0 aliphatic heterocycles. The van der Waals surface area contributed by atoms with Crippen LogP contribution < -0.4 is 14.8 Å². The Morgan fingerprint density at radius 1 is 1.17 bits per heavy atom. The van der Waals surface area contributed by atoms with Crippen LogP contribution in [0.15, 0.2) is 70.7 Å². The minimum atomic E-state index is -0.485. The molecule has 0 radical (unpaired) electrons. The number of carbonyl (C=O) groups excluding carboxylic acids is 1. The van der Waals surface area contributed by atoms with Crippen molar-refractivity contribution >= 4 is 23.6 Å². The summed E-state index contributed by atoms with van der Waals surface area (Å²) in [7, 11) is 1.59. The lowest BCUT2D eigenvalue weighted by Crippen LogP contribution is -2.23. The molecule has 3 rings (SSSR count). The van der Waals surface area contributed by atoms with Crippen molar-refractivity contribution in [2.75, 3.05) is 7.11 Å². The van der Waals surface area contributed by atoms with Crippen molar-refractivity contribution in [3.63, 3.8) is 0 Å². The lowest BCUT2D eigenvalue weighted by atomic mass is 10.2. The van der Waals surface area contributed by atoms with E-state index in [2.05, 4.69) is 5.32 Å². The van der Waals surface area contributed by atoms with E-state index in [1.54, 1.807) is 55.6 Å². The number of hydrogen-bond acceptors (Lipinski definition) is 5. The third kappa shape index (κ3) is 5.90. The molecule has 0 atom stereocenters. The molecule has 2 aromatic carbocycles. The number of amides is 1. The standard InChI is InChI=1S/C23H19ClN2O4/c1-28-19-7-5-16(6-8-19)14-26-23(27)17(13-25)11-21-9-10-22(30-21)15-29-20-4-2-3-18(24)12-20/h2-12H,14-15H2,1H3,(H,26,27). The van der Waals surface area contributed by atoms with Crippen molar-refractivity contribution in [1.29, 1.82) is 5.26 Å². The highest BCUT2D eigenvalue weighted by molar-refractivity contribution is 6.30. The Labute approximate surface area is 179 Å². The molecule has 0 aliphatic rings. The van der Waals surface area contributed by atoms with E-state index < -0.39 is 5.91 Å². The van der Waals surface area contributed by atoms with Gasteiger partial charge in [0.25, 0.3) is 5.91 Å². The number of nitriles is 1. The second-order valence-corrected chi connectivity index (χ2v) is 6.69. The fourth-order valence-electron chi connectivity index (χ4n) is 2.57. The molecule has 0 bridgehead atoms. The average molecular weight is 423 g/mol. The van der Waals surface area contributed by atoms with Crippen LogP contribution in [-0.2, 0) is 17.9 Å². The third-order valence-electron chi connectivity index (χ3n) is 4.12. The summed E-state index contributed by atoms with van der Waals surface area (Å²) in [5.41, 5.74) is 0.833. The molecule has 1 heterocycles. The van der Waals surface area contributed by atoms with Gasteiger partial charge in [0.05, 0.1) is 7.11 Å². The number of ether oxygens (including phenoxy) is 2. The number of halogens is 1. The molecule has 0 spiro atoms. The summed E-state index contributed by atoms with van der Waals surface area (Å²) in [6, 6.07) is 19.6. The van der Waals surface area contributed by atoms with E-state index in [9.17, 15) is 10.1 Å². The maximum atomic E-state index is 12.3. The number of hydrogen-bond donors (Lipinski definition) is 1. The quantitative estimate of drug-likeness (QED) is 0.418. The van der Waals surface area contributed by atoms with Crippen LogP contribution in [0.5, 0.6) is 11.5 Å². The lowest BCUT2D eigenvalue weighted by Gasteiger charge is -2.05. The van der Waals surface area contributed by atoms with Gasteiger partial charge < -0.3 is 19.2 Å². The molecule has 7 heteroatoms. The second-order valence-electron chi connectivity index (χ2n) is 6.25. The highest BCUT2D eigenvalue weighted by Gasteiger charge is 2.11. The van der Waals surface area contributed by atoms with Gasteiger partial charge in [0, 0.05) is 17.6 Å².